The Morgan fingerprint density at radius 3 is 2.43 bits per heavy atom. The van der Waals surface area contributed by atoms with E-state index in [0.29, 0.717) is 0 Å². The van der Waals surface area contributed by atoms with Gasteiger partial charge in [-0.25, -0.2) is 0 Å². The fourth-order valence-corrected chi connectivity index (χ4v) is 2.48. The summed E-state index contributed by atoms with van der Waals surface area (Å²) in [6, 6.07) is 14.3. The SMILES string of the molecule is COc1ccc(-c2cccc(C)c2-c2cn(C)nn2)cc1. The Hall–Kier alpha value is -2.62. The molecular weight excluding hydrogens is 262 g/mol. The number of nitrogens with zero attached hydrogens (tertiary/aromatic N) is 3. The molecule has 0 amide bonds. The molecule has 3 rings (SSSR count). The second kappa shape index (κ2) is 5.40. The highest BCUT2D eigenvalue weighted by Gasteiger charge is 2.13. The molecule has 4 heteroatoms. The minimum Gasteiger partial charge on any atom is -0.497 e. The van der Waals surface area contributed by atoms with Crippen molar-refractivity contribution in [3.05, 3.63) is 54.2 Å². The average Bonchev–Trinajstić information content (AvgIpc) is 2.93. The molecule has 0 unspecified atom stereocenters. The van der Waals surface area contributed by atoms with Crippen LogP contribution >= 0.6 is 0 Å². The van der Waals surface area contributed by atoms with Crippen molar-refractivity contribution < 1.29 is 4.74 Å². The summed E-state index contributed by atoms with van der Waals surface area (Å²) in [4.78, 5) is 0. The van der Waals surface area contributed by atoms with Gasteiger partial charge in [-0.15, -0.1) is 5.10 Å². The topological polar surface area (TPSA) is 39.9 Å². The van der Waals surface area contributed by atoms with Gasteiger partial charge < -0.3 is 4.74 Å². The van der Waals surface area contributed by atoms with E-state index < -0.39 is 0 Å². The van der Waals surface area contributed by atoms with Crippen LogP contribution in [0.15, 0.2) is 48.7 Å². The van der Waals surface area contributed by atoms with Gasteiger partial charge in [0.25, 0.3) is 0 Å². The number of benzene rings is 2. The monoisotopic (exact) mass is 279 g/mol. The number of ether oxygens (including phenoxy) is 1. The molecule has 0 saturated heterocycles. The molecule has 0 saturated carbocycles. The second-order valence-corrected chi connectivity index (χ2v) is 5.00. The largest absolute Gasteiger partial charge is 0.497 e. The zero-order chi connectivity index (χ0) is 14.8. The first kappa shape index (κ1) is 13.4. The van der Waals surface area contributed by atoms with E-state index in [-0.39, 0.29) is 0 Å². The lowest BCUT2D eigenvalue weighted by molar-refractivity contribution is 0.415. The Labute approximate surface area is 124 Å². The van der Waals surface area contributed by atoms with Crippen molar-refractivity contribution in [3.8, 4) is 28.1 Å². The predicted octanol–water partition coefficient (Wildman–Crippen LogP) is 3.47. The maximum atomic E-state index is 5.22. The molecule has 21 heavy (non-hydrogen) atoms. The predicted molar refractivity (Wildman–Crippen MR) is 83.2 cm³/mol. The van der Waals surface area contributed by atoms with Gasteiger partial charge in [0.05, 0.1) is 13.3 Å². The molecule has 0 spiro atoms. The van der Waals surface area contributed by atoms with E-state index in [1.165, 1.54) is 5.56 Å². The highest BCUT2D eigenvalue weighted by atomic mass is 16.5. The summed E-state index contributed by atoms with van der Waals surface area (Å²) in [6.07, 6.45) is 1.94. The van der Waals surface area contributed by atoms with Gasteiger partial charge in [0.1, 0.15) is 11.4 Å². The van der Waals surface area contributed by atoms with E-state index in [1.807, 2.05) is 25.4 Å². The lowest BCUT2D eigenvalue weighted by Gasteiger charge is -2.11. The molecule has 0 fully saturated rings. The van der Waals surface area contributed by atoms with E-state index in [0.717, 1.165) is 28.1 Å². The van der Waals surface area contributed by atoms with Crippen LogP contribution < -0.4 is 4.74 Å². The van der Waals surface area contributed by atoms with Gasteiger partial charge in [-0.3, -0.25) is 4.68 Å². The van der Waals surface area contributed by atoms with Crippen molar-refractivity contribution in [2.24, 2.45) is 7.05 Å². The van der Waals surface area contributed by atoms with E-state index >= 15 is 0 Å². The van der Waals surface area contributed by atoms with Crippen molar-refractivity contribution in [1.82, 2.24) is 15.0 Å². The van der Waals surface area contributed by atoms with Crippen LogP contribution in [0, 0.1) is 6.92 Å². The Morgan fingerprint density at radius 1 is 1.05 bits per heavy atom. The van der Waals surface area contributed by atoms with E-state index in [9.17, 15) is 0 Å². The molecule has 3 aromatic rings. The van der Waals surface area contributed by atoms with Crippen LogP contribution in [0.5, 0.6) is 5.75 Å². The number of hydrogen-bond donors (Lipinski definition) is 0. The molecule has 0 radical (unpaired) electrons. The molecule has 0 aliphatic carbocycles. The van der Waals surface area contributed by atoms with Crippen LogP contribution in [0.4, 0.5) is 0 Å². The summed E-state index contributed by atoms with van der Waals surface area (Å²) in [5.41, 5.74) is 5.49. The highest BCUT2D eigenvalue weighted by molar-refractivity contribution is 5.83. The first-order chi connectivity index (χ1) is 10.2. The van der Waals surface area contributed by atoms with Crippen LogP contribution in [0.2, 0.25) is 0 Å². The van der Waals surface area contributed by atoms with Crippen LogP contribution in [-0.4, -0.2) is 22.1 Å². The van der Waals surface area contributed by atoms with Gasteiger partial charge in [0.15, 0.2) is 0 Å². The highest BCUT2D eigenvalue weighted by Crippen LogP contribution is 2.34. The molecule has 4 nitrogen and oxygen atoms in total. The number of aromatic nitrogens is 3. The third-order valence-electron chi connectivity index (χ3n) is 3.53. The number of rotatable bonds is 3. The maximum Gasteiger partial charge on any atom is 0.118 e. The Balaban J connectivity index is 2.16. The Morgan fingerprint density at radius 2 is 1.81 bits per heavy atom. The smallest absolute Gasteiger partial charge is 0.118 e. The lowest BCUT2D eigenvalue weighted by atomic mass is 9.94. The van der Waals surface area contributed by atoms with E-state index in [4.69, 9.17) is 4.74 Å². The Bertz CT molecular complexity index is 760. The quantitative estimate of drug-likeness (QED) is 0.737. The molecular formula is C17H17N3O. The molecule has 0 N–H and O–H groups in total. The fraction of sp³-hybridized carbons (Fsp3) is 0.176. The summed E-state index contributed by atoms with van der Waals surface area (Å²) in [5.74, 6) is 0.854. The first-order valence-electron chi connectivity index (χ1n) is 6.80. The Kier molecular flexibility index (Phi) is 3.44. The van der Waals surface area contributed by atoms with Gasteiger partial charge in [0.2, 0.25) is 0 Å². The summed E-state index contributed by atoms with van der Waals surface area (Å²) < 4.78 is 6.94. The number of methoxy groups -OCH3 is 1. The zero-order valence-electron chi connectivity index (χ0n) is 12.4. The molecule has 1 aromatic heterocycles. The lowest BCUT2D eigenvalue weighted by Crippen LogP contribution is -1.90. The molecule has 2 aromatic carbocycles. The van der Waals surface area contributed by atoms with Crippen molar-refractivity contribution in [2.75, 3.05) is 7.11 Å². The molecule has 0 aliphatic heterocycles. The summed E-state index contributed by atoms with van der Waals surface area (Å²) >= 11 is 0. The first-order valence-corrected chi connectivity index (χ1v) is 6.80. The molecule has 106 valence electrons. The van der Waals surface area contributed by atoms with Crippen LogP contribution in [0.1, 0.15) is 5.56 Å². The number of aryl methyl sites for hydroxylation is 2. The fourth-order valence-electron chi connectivity index (χ4n) is 2.48. The van der Waals surface area contributed by atoms with Crippen LogP contribution in [-0.2, 0) is 7.05 Å². The van der Waals surface area contributed by atoms with Crippen molar-refractivity contribution >= 4 is 0 Å². The third-order valence-corrected chi connectivity index (χ3v) is 3.53. The standard InChI is InChI=1S/C17H17N3O/c1-12-5-4-6-15(13-7-9-14(21-3)10-8-13)17(12)16-11-20(2)19-18-16/h4-11H,1-3H3. The molecule has 0 bridgehead atoms. The summed E-state index contributed by atoms with van der Waals surface area (Å²) in [6.45, 7) is 2.09. The minimum atomic E-state index is 0.854. The maximum absolute atomic E-state index is 5.22. The van der Waals surface area contributed by atoms with Gasteiger partial charge in [-0.05, 0) is 35.7 Å². The second-order valence-electron chi connectivity index (χ2n) is 5.00. The van der Waals surface area contributed by atoms with Gasteiger partial charge in [-0.2, -0.15) is 0 Å². The van der Waals surface area contributed by atoms with Crippen LogP contribution in [0.3, 0.4) is 0 Å². The van der Waals surface area contributed by atoms with E-state index in [2.05, 4.69) is 47.6 Å². The minimum absolute atomic E-state index is 0.854. The molecule has 0 atom stereocenters. The van der Waals surface area contributed by atoms with Crippen molar-refractivity contribution in [1.29, 1.82) is 0 Å². The van der Waals surface area contributed by atoms with Gasteiger partial charge in [-0.1, -0.05) is 35.5 Å². The van der Waals surface area contributed by atoms with Crippen LogP contribution in [0.25, 0.3) is 22.4 Å². The van der Waals surface area contributed by atoms with Crippen molar-refractivity contribution in [3.63, 3.8) is 0 Å². The zero-order valence-corrected chi connectivity index (χ0v) is 12.4. The van der Waals surface area contributed by atoms with E-state index in [1.54, 1.807) is 11.8 Å². The average molecular weight is 279 g/mol. The molecule has 1 heterocycles. The summed E-state index contributed by atoms with van der Waals surface area (Å²) in [5, 5.41) is 8.30. The van der Waals surface area contributed by atoms with Crippen molar-refractivity contribution in [2.45, 2.75) is 6.92 Å². The third kappa shape index (κ3) is 2.52. The van der Waals surface area contributed by atoms with Gasteiger partial charge >= 0.3 is 0 Å². The normalized spacial score (nSPS) is 10.6. The number of hydrogen-bond acceptors (Lipinski definition) is 3. The summed E-state index contributed by atoms with van der Waals surface area (Å²) in [7, 11) is 3.55. The van der Waals surface area contributed by atoms with Gasteiger partial charge in [0, 0.05) is 12.6 Å². The molecule has 0 aliphatic rings.